The van der Waals surface area contributed by atoms with Crippen molar-refractivity contribution in [1.29, 1.82) is 0 Å². The maximum atomic E-state index is 12.7. The Bertz CT molecular complexity index is 492. The van der Waals surface area contributed by atoms with Crippen molar-refractivity contribution in [3.63, 3.8) is 0 Å². The molecule has 2 heteroatoms. The lowest BCUT2D eigenvalue weighted by Gasteiger charge is -2.54. The van der Waals surface area contributed by atoms with Crippen LogP contribution >= 0.6 is 0 Å². The van der Waals surface area contributed by atoms with E-state index in [0.29, 0.717) is 47.3 Å². The standard InChI is InChI=1S/C20H30O2/c1-7-8(2)14-10(4)12(6)16-18-15(19(21)20(16)22)11(5)9(3)13(7)17(14)18/h7-18H,1-6H3. The summed E-state index contributed by atoms with van der Waals surface area (Å²) in [6.45, 7) is 14.1. The van der Waals surface area contributed by atoms with Crippen LogP contribution in [-0.2, 0) is 9.59 Å². The molecule has 0 amide bonds. The Morgan fingerprint density at radius 1 is 0.455 bits per heavy atom. The van der Waals surface area contributed by atoms with E-state index in [9.17, 15) is 9.59 Å². The van der Waals surface area contributed by atoms with E-state index >= 15 is 0 Å². The molecule has 122 valence electrons. The molecule has 0 bridgehead atoms. The van der Waals surface area contributed by atoms with E-state index in [-0.39, 0.29) is 23.4 Å². The van der Waals surface area contributed by atoms with Gasteiger partial charge >= 0.3 is 0 Å². The third kappa shape index (κ3) is 1.43. The van der Waals surface area contributed by atoms with Crippen LogP contribution < -0.4 is 0 Å². The molecule has 4 aliphatic rings. The molecule has 2 nitrogen and oxygen atoms in total. The number of ketones is 2. The monoisotopic (exact) mass is 302 g/mol. The zero-order chi connectivity index (χ0) is 16.1. The van der Waals surface area contributed by atoms with Crippen LogP contribution in [0.4, 0.5) is 0 Å². The minimum atomic E-state index is -0.0142. The minimum Gasteiger partial charge on any atom is -0.291 e. The molecular weight excluding hydrogens is 272 g/mol. The van der Waals surface area contributed by atoms with Crippen molar-refractivity contribution in [3.05, 3.63) is 0 Å². The third-order valence-electron chi connectivity index (χ3n) is 9.06. The van der Waals surface area contributed by atoms with E-state index in [1.54, 1.807) is 0 Å². The second-order valence-electron chi connectivity index (χ2n) is 9.24. The van der Waals surface area contributed by atoms with Gasteiger partial charge in [0, 0.05) is 11.8 Å². The number of rotatable bonds is 0. The summed E-state index contributed by atoms with van der Waals surface area (Å²) >= 11 is 0. The molecular formula is C20H30O2. The summed E-state index contributed by atoms with van der Waals surface area (Å²) in [5.74, 6) is 5.80. The van der Waals surface area contributed by atoms with Gasteiger partial charge < -0.3 is 0 Å². The van der Waals surface area contributed by atoms with E-state index < -0.39 is 0 Å². The van der Waals surface area contributed by atoms with Gasteiger partial charge in [-0.3, -0.25) is 9.59 Å². The summed E-state index contributed by atoms with van der Waals surface area (Å²) in [6.07, 6.45) is 0. The smallest absolute Gasteiger partial charge is 0.202 e. The summed E-state index contributed by atoms with van der Waals surface area (Å²) < 4.78 is 0. The fourth-order valence-corrected chi connectivity index (χ4v) is 7.74. The molecule has 0 spiro atoms. The molecule has 22 heavy (non-hydrogen) atoms. The highest BCUT2D eigenvalue weighted by atomic mass is 16.2. The number of carbonyl (C=O) groups excluding carboxylic acids is 2. The Morgan fingerprint density at radius 3 is 1.14 bits per heavy atom. The number of Topliss-reactive ketones (excluding diaryl/α,β-unsaturated/α-hetero) is 2. The first-order valence-electron chi connectivity index (χ1n) is 9.37. The lowest BCUT2D eigenvalue weighted by Crippen LogP contribution is -2.52. The van der Waals surface area contributed by atoms with Crippen molar-refractivity contribution < 1.29 is 9.59 Å². The highest BCUT2D eigenvalue weighted by molar-refractivity contribution is 6.41. The zero-order valence-corrected chi connectivity index (χ0v) is 14.7. The molecule has 0 heterocycles. The van der Waals surface area contributed by atoms with Gasteiger partial charge in [0.05, 0.1) is 0 Å². The van der Waals surface area contributed by atoms with Crippen molar-refractivity contribution in [2.24, 2.45) is 71.0 Å². The largest absolute Gasteiger partial charge is 0.291 e. The van der Waals surface area contributed by atoms with E-state index in [4.69, 9.17) is 0 Å². The van der Waals surface area contributed by atoms with Gasteiger partial charge in [-0.05, 0) is 59.2 Å². The molecule has 0 aromatic carbocycles. The van der Waals surface area contributed by atoms with Gasteiger partial charge in [-0.15, -0.1) is 0 Å². The van der Waals surface area contributed by atoms with Crippen molar-refractivity contribution >= 4 is 11.6 Å². The normalized spacial score (nSPS) is 63.2. The predicted molar refractivity (Wildman–Crippen MR) is 85.9 cm³/mol. The van der Waals surface area contributed by atoms with Crippen molar-refractivity contribution in [2.75, 3.05) is 0 Å². The highest BCUT2D eigenvalue weighted by Crippen LogP contribution is 2.68. The van der Waals surface area contributed by atoms with Gasteiger partial charge in [-0.25, -0.2) is 0 Å². The Kier molecular flexibility index (Phi) is 3.02. The quantitative estimate of drug-likeness (QED) is 0.640. The molecule has 10 atom stereocenters. The third-order valence-corrected chi connectivity index (χ3v) is 9.06. The van der Waals surface area contributed by atoms with E-state index in [1.807, 2.05) is 0 Å². The lowest BCUT2D eigenvalue weighted by atomic mass is 9.50. The maximum Gasteiger partial charge on any atom is 0.202 e. The molecule has 10 unspecified atom stereocenters. The van der Waals surface area contributed by atoms with Crippen LogP contribution in [0.25, 0.3) is 0 Å². The van der Waals surface area contributed by atoms with Crippen molar-refractivity contribution in [1.82, 2.24) is 0 Å². The van der Waals surface area contributed by atoms with Gasteiger partial charge in [-0.2, -0.15) is 0 Å². The van der Waals surface area contributed by atoms with Gasteiger partial charge in [-0.1, -0.05) is 41.5 Å². The Morgan fingerprint density at radius 2 is 0.773 bits per heavy atom. The van der Waals surface area contributed by atoms with Crippen LogP contribution in [0.5, 0.6) is 0 Å². The fourth-order valence-electron chi connectivity index (χ4n) is 7.74. The minimum absolute atomic E-state index is 0.0142. The summed E-state index contributed by atoms with van der Waals surface area (Å²) in [5.41, 5.74) is 0. The van der Waals surface area contributed by atoms with Crippen molar-refractivity contribution in [2.45, 2.75) is 41.5 Å². The molecule has 4 saturated carbocycles. The molecule has 4 rings (SSSR count). The predicted octanol–water partition coefficient (Wildman–Crippen LogP) is 3.69. The first kappa shape index (κ1) is 14.9. The molecule has 0 radical (unpaired) electrons. The summed E-state index contributed by atoms with van der Waals surface area (Å²) in [7, 11) is 0. The van der Waals surface area contributed by atoms with E-state index in [2.05, 4.69) is 41.5 Å². The molecule has 0 aliphatic heterocycles. The Balaban J connectivity index is 1.90. The molecule has 0 aromatic heterocycles. The van der Waals surface area contributed by atoms with E-state index in [0.717, 1.165) is 11.8 Å². The highest BCUT2D eigenvalue weighted by Gasteiger charge is 2.69. The molecule has 4 aliphatic carbocycles. The first-order valence-corrected chi connectivity index (χ1v) is 9.37. The molecule has 4 fully saturated rings. The summed E-state index contributed by atoms with van der Waals surface area (Å²) in [4.78, 5) is 25.5. The van der Waals surface area contributed by atoms with Crippen molar-refractivity contribution in [3.8, 4) is 0 Å². The average molecular weight is 302 g/mol. The lowest BCUT2D eigenvalue weighted by molar-refractivity contribution is -0.138. The molecule has 0 saturated heterocycles. The van der Waals surface area contributed by atoms with Crippen LogP contribution in [0.3, 0.4) is 0 Å². The topological polar surface area (TPSA) is 34.1 Å². The van der Waals surface area contributed by atoms with Gasteiger partial charge in [0.15, 0.2) is 0 Å². The number of hydrogen-bond donors (Lipinski definition) is 0. The molecule has 0 aromatic rings. The number of hydrogen-bond acceptors (Lipinski definition) is 2. The van der Waals surface area contributed by atoms with Gasteiger partial charge in [0.25, 0.3) is 0 Å². The Labute approximate surface area is 134 Å². The number of carbonyl (C=O) groups is 2. The van der Waals surface area contributed by atoms with Gasteiger partial charge in [0.2, 0.25) is 11.6 Å². The second kappa shape index (κ2) is 4.45. The second-order valence-corrected chi connectivity index (χ2v) is 9.24. The van der Waals surface area contributed by atoms with Crippen LogP contribution in [0, 0.1) is 71.0 Å². The summed E-state index contributed by atoms with van der Waals surface area (Å²) in [5, 5.41) is 0. The molecule has 0 N–H and O–H groups in total. The summed E-state index contributed by atoms with van der Waals surface area (Å²) in [6, 6.07) is 0. The van der Waals surface area contributed by atoms with Crippen LogP contribution in [0.15, 0.2) is 0 Å². The SMILES string of the molecule is CC1C(C)C2C(C)C(C)C3C(C)C(C)C4C(=O)C(=O)C1C4C23. The van der Waals surface area contributed by atoms with E-state index in [1.165, 1.54) is 0 Å². The average Bonchev–Trinajstić information content (AvgIpc) is 2.89. The van der Waals surface area contributed by atoms with Gasteiger partial charge in [0.1, 0.15) is 0 Å². The maximum absolute atomic E-state index is 12.7. The van der Waals surface area contributed by atoms with Crippen LogP contribution in [0.2, 0.25) is 0 Å². The van der Waals surface area contributed by atoms with Crippen LogP contribution in [0.1, 0.15) is 41.5 Å². The Hall–Kier alpha value is -0.660. The fraction of sp³-hybridized carbons (Fsp3) is 0.900. The first-order chi connectivity index (χ1) is 10.3. The van der Waals surface area contributed by atoms with Crippen LogP contribution in [-0.4, -0.2) is 11.6 Å². The zero-order valence-electron chi connectivity index (χ0n) is 14.7.